The zero-order chi connectivity index (χ0) is 22.4. The first-order chi connectivity index (χ1) is 14.5. The van der Waals surface area contributed by atoms with E-state index in [-0.39, 0.29) is 34.8 Å². The molecule has 0 bridgehead atoms. The molecule has 31 heavy (non-hydrogen) atoms. The maximum atomic E-state index is 13.3. The minimum atomic E-state index is -4.50. The maximum Gasteiger partial charge on any atom is 0.417 e. The molecule has 0 unspecified atom stereocenters. The number of hydrogen-bond acceptors (Lipinski definition) is 6. The third-order valence-electron chi connectivity index (χ3n) is 4.45. The summed E-state index contributed by atoms with van der Waals surface area (Å²) in [6.07, 6.45) is 2.20. The summed E-state index contributed by atoms with van der Waals surface area (Å²) in [5.41, 5.74) is -1.83. The molecule has 160 valence electrons. The number of nitrogens with zero attached hydrogens (tertiary/aromatic N) is 6. The van der Waals surface area contributed by atoms with Crippen LogP contribution in [0.1, 0.15) is 19.4 Å². The van der Waals surface area contributed by atoms with Gasteiger partial charge in [-0.25, -0.2) is 9.97 Å². The van der Waals surface area contributed by atoms with Gasteiger partial charge in [0.15, 0.2) is 0 Å². The number of rotatable bonds is 4. The molecule has 4 heterocycles. The van der Waals surface area contributed by atoms with Crippen molar-refractivity contribution >= 4 is 10.9 Å². The highest BCUT2D eigenvalue weighted by Crippen LogP contribution is 2.29. The van der Waals surface area contributed by atoms with Crippen molar-refractivity contribution in [2.24, 2.45) is 0 Å². The second-order valence-corrected chi connectivity index (χ2v) is 7.60. The fraction of sp³-hybridized carbons (Fsp3) is 0.250. The van der Waals surface area contributed by atoms with Gasteiger partial charge in [0.25, 0.3) is 5.56 Å². The molecule has 0 aliphatic heterocycles. The highest BCUT2D eigenvalue weighted by Gasteiger charge is 2.30. The molecule has 1 N–H and O–H groups in total. The van der Waals surface area contributed by atoms with Crippen LogP contribution in [0.5, 0.6) is 0 Å². The zero-order valence-corrected chi connectivity index (χ0v) is 16.5. The number of alkyl halides is 3. The van der Waals surface area contributed by atoms with Crippen molar-refractivity contribution in [1.82, 2.24) is 29.1 Å². The van der Waals surface area contributed by atoms with Crippen LogP contribution >= 0.6 is 0 Å². The topological polar surface area (TPSA) is 98.7 Å². The molecule has 0 amide bonds. The standard InChI is InChI=1S/C20H17F3N6O2/c1-19(2,31)10-29-17(30)13-7-15(14-4-3-12(8-25-14)20(21,22)23)26-9-16(13)27-18(29)28-6-5-24-11-28/h3-9,11,31H,10H2,1-2H3. The Balaban J connectivity index is 1.87. The Kier molecular flexibility index (Phi) is 4.85. The lowest BCUT2D eigenvalue weighted by Gasteiger charge is -2.21. The van der Waals surface area contributed by atoms with E-state index in [1.54, 1.807) is 20.0 Å². The molecule has 0 aliphatic carbocycles. The molecule has 0 aliphatic rings. The number of halogens is 3. The average molecular weight is 430 g/mol. The number of aromatic nitrogens is 6. The summed E-state index contributed by atoms with van der Waals surface area (Å²) in [5, 5.41) is 10.5. The van der Waals surface area contributed by atoms with Crippen LogP contribution in [0.4, 0.5) is 13.2 Å². The van der Waals surface area contributed by atoms with E-state index >= 15 is 0 Å². The van der Waals surface area contributed by atoms with Gasteiger partial charge in [-0.05, 0) is 32.0 Å². The van der Waals surface area contributed by atoms with Crippen LogP contribution in [0.15, 0.2) is 54.1 Å². The fourth-order valence-corrected chi connectivity index (χ4v) is 3.07. The summed E-state index contributed by atoms with van der Waals surface area (Å²) >= 11 is 0. The van der Waals surface area contributed by atoms with Crippen LogP contribution in [0.25, 0.3) is 28.2 Å². The number of fused-ring (bicyclic) bond motifs is 1. The molecule has 0 saturated heterocycles. The molecule has 4 aromatic rings. The van der Waals surface area contributed by atoms with Crippen LogP contribution < -0.4 is 5.56 Å². The summed E-state index contributed by atoms with van der Waals surface area (Å²) in [6.45, 7) is 3.08. The Hall–Kier alpha value is -3.60. The zero-order valence-electron chi connectivity index (χ0n) is 16.5. The minimum absolute atomic E-state index is 0.0432. The lowest BCUT2D eigenvalue weighted by molar-refractivity contribution is -0.137. The minimum Gasteiger partial charge on any atom is -0.389 e. The number of aliphatic hydroxyl groups is 1. The molecule has 0 aromatic carbocycles. The molecule has 4 rings (SSSR count). The van der Waals surface area contributed by atoms with Crippen molar-refractivity contribution in [3.63, 3.8) is 0 Å². The quantitative estimate of drug-likeness (QED) is 0.535. The highest BCUT2D eigenvalue weighted by molar-refractivity contribution is 5.81. The van der Waals surface area contributed by atoms with E-state index in [9.17, 15) is 23.1 Å². The van der Waals surface area contributed by atoms with Gasteiger partial charge in [-0.1, -0.05) is 0 Å². The van der Waals surface area contributed by atoms with Gasteiger partial charge in [0.1, 0.15) is 6.33 Å². The van der Waals surface area contributed by atoms with Crippen molar-refractivity contribution in [3.05, 3.63) is 65.2 Å². The van der Waals surface area contributed by atoms with Gasteiger partial charge in [-0.3, -0.25) is 23.9 Å². The van der Waals surface area contributed by atoms with E-state index < -0.39 is 22.9 Å². The Morgan fingerprint density at radius 3 is 2.42 bits per heavy atom. The van der Waals surface area contributed by atoms with Crippen molar-refractivity contribution in [2.75, 3.05) is 0 Å². The summed E-state index contributed by atoms with van der Waals surface area (Å²) < 4.78 is 41.2. The summed E-state index contributed by atoms with van der Waals surface area (Å²) in [5.74, 6) is 0.249. The third-order valence-corrected chi connectivity index (χ3v) is 4.45. The lowest BCUT2D eigenvalue weighted by atomic mass is 10.1. The van der Waals surface area contributed by atoms with E-state index in [4.69, 9.17) is 0 Å². The van der Waals surface area contributed by atoms with Crippen molar-refractivity contribution in [3.8, 4) is 17.3 Å². The number of pyridine rings is 2. The first kappa shape index (κ1) is 20.7. The highest BCUT2D eigenvalue weighted by atomic mass is 19.4. The van der Waals surface area contributed by atoms with Gasteiger partial charge in [0, 0.05) is 18.6 Å². The number of hydrogen-bond donors (Lipinski definition) is 1. The Bertz CT molecular complexity index is 1290. The molecule has 0 radical (unpaired) electrons. The molecule has 8 nitrogen and oxygen atoms in total. The maximum absolute atomic E-state index is 13.3. The molecular formula is C20H17F3N6O2. The largest absolute Gasteiger partial charge is 0.417 e. The molecule has 0 fully saturated rings. The van der Waals surface area contributed by atoms with E-state index in [0.29, 0.717) is 6.20 Å². The summed E-state index contributed by atoms with van der Waals surface area (Å²) in [6, 6.07) is 3.53. The molecular weight excluding hydrogens is 413 g/mol. The van der Waals surface area contributed by atoms with Gasteiger partial charge in [0.2, 0.25) is 5.95 Å². The summed E-state index contributed by atoms with van der Waals surface area (Å²) in [4.78, 5) is 29.8. The second-order valence-electron chi connectivity index (χ2n) is 7.60. The van der Waals surface area contributed by atoms with Crippen LogP contribution in [0.2, 0.25) is 0 Å². The van der Waals surface area contributed by atoms with Crippen LogP contribution in [0, 0.1) is 0 Å². The third kappa shape index (κ3) is 4.17. The first-order valence-corrected chi connectivity index (χ1v) is 9.18. The average Bonchev–Trinajstić information content (AvgIpc) is 3.23. The Labute approximate surface area is 173 Å². The Morgan fingerprint density at radius 2 is 1.84 bits per heavy atom. The van der Waals surface area contributed by atoms with Crippen LogP contribution in [-0.2, 0) is 12.7 Å². The molecule has 0 saturated carbocycles. The van der Waals surface area contributed by atoms with Gasteiger partial charge >= 0.3 is 6.18 Å². The lowest BCUT2D eigenvalue weighted by Crippen LogP contribution is -2.35. The molecule has 11 heteroatoms. The second kappa shape index (κ2) is 7.27. The predicted octanol–water partition coefficient (Wildman–Crippen LogP) is 2.83. The monoisotopic (exact) mass is 430 g/mol. The van der Waals surface area contributed by atoms with Crippen molar-refractivity contribution in [1.29, 1.82) is 0 Å². The van der Waals surface area contributed by atoms with E-state index in [0.717, 1.165) is 6.07 Å². The first-order valence-electron chi connectivity index (χ1n) is 9.18. The van der Waals surface area contributed by atoms with Crippen molar-refractivity contribution in [2.45, 2.75) is 32.2 Å². The van der Waals surface area contributed by atoms with Gasteiger partial charge in [0.05, 0.1) is 46.2 Å². The van der Waals surface area contributed by atoms with Gasteiger partial charge in [-0.15, -0.1) is 0 Å². The molecule has 4 aromatic heterocycles. The predicted molar refractivity (Wildman–Crippen MR) is 105 cm³/mol. The Morgan fingerprint density at radius 1 is 1.10 bits per heavy atom. The van der Waals surface area contributed by atoms with E-state index in [2.05, 4.69) is 19.9 Å². The van der Waals surface area contributed by atoms with E-state index in [1.807, 2.05) is 0 Å². The van der Waals surface area contributed by atoms with Gasteiger partial charge < -0.3 is 5.11 Å². The summed E-state index contributed by atoms with van der Waals surface area (Å²) in [7, 11) is 0. The molecule has 0 atom stereocenters. The van der Waals surface area contributed by atoms with E-state index in [1.165, 1.54) is 40.0 Å². The van der Waals surface area contributed by atoms with Crippen LogP contribution in [0.3, 0.4) is 0 Å². The normalized spacial score (nSPS) is 12.5. The smallest absolute Gasteiger partial charge is 0.389 e. The number of imidazole rings is 1. The van der Waals surface area contributed by atoms with Gasteiger partial charge in [-0.2, -0.15) is 13.2 Å². The van der Waals surface area contributed by atoms with Crippen molar-refractivity contribution < 1.29 is 18.3 Å². The van der Waals surface area contributed by atoms with Crippen LogP contribution in [-0.4, -0.2) is 39.8 Å². The SMILES string of the molecule is CC(C)(O)Cn1c(-n2ccnc2)nc2cnc(-c3ccc(C(F)(F)F)cn3)cc2c1=O. The fourth-order valence-electron chi connectivity index (χ4n) is 3.07. The molecule has 0 spiro atoms.